The number of benzene rings is 2. The van der Waals surface area contributed by atoms with Crippen molar-refractivity contribution in [2.24, 2.45) is 34.8 Å². The van der Waals surface area contributed by atoms with E-state index in [1.165, 1.54) is 43.2 Å². The number of Topliss-reactive ketones (excluding diaryl/α,β-unsaturated/α-hetero) is 1. The predicted molar refractivity (Wildman–Crippen MR) is 265 cm³/mol. The van der Waals surface area contributed by atoms with Gasteiger partial charge in [0.05, 0.1) is 35.2 Å². The number of phenolic OH excluding ortho intramolecular Hbond substituents is 1. The van der Waals surface area contributed by atoms with Gasteiger partial charge in [-0.1, -0.05) is 95.7 Å². The van der Waals surface area contributed by atoms with E-state index in [0.29, 0.717) is 47.6 Å². The average molecular weight is 955 g/mol. The maximum atomic E-state index is 13.9. The highest BCUT2D eigenvalue weighted by atomic mass is 33.1. The van der Waals surface area contributed by atoms with Gasteiger partial charge in [-0.15, -0.1) is 0 Å². The minimum Gasteiger partial charge on any atom is -0.508 e. The fraction of sp³-hybridized carbons (Fsp3) is 0.545. The van der Waals surface area contributed by atoms with Crippen molar-refractivity contribution in [1.82, 2.24) is 14.9 Å². The number of carbonyl (C=O) groups excluding carboxylic acids is 1. The summed E-state index contributed by atoms with van der Waals surface area (Å²) in [7, 11) is 3.46. The number of ketones is 1. The van der Waals surface area contributed by atoms with E-state index in [4.69, 9.17) is 15.2 Å². The first kappa shape index (κ1) is 44.9. The number of hydrogen-bond donors (Lipinski definition) is 7. The minimum atomic E-state index is -1.08. The summed E-state index contributed by atoms with van der Waals surface area (Å²) in [6.07, 6.45) is 22.0. The van der Waals surface area contributed by atoms with Crippen molar-refractivity contribution in [2.75, 3.05) is 12.3 Å². The largest absolute Gasteiger partial charge is 0.508 e. The third-order valence-electron chi connectivity index (χ3n) is 17.4. The molecule has 4 aromatic rings. The molecule has 2 spiro atoms. The topological polar surface area (TPSA) is 175 Å². The number of H-pyrrole nitrogens is 1. The van der Waals surface area contributed by atoms with Gasteiger partial charge in [-0.3, -0.25) is 10.1 Å². The number of rotatable bonds is 7. The van der Waals surface area contributed by atoms with Crippen LogP contribution in [0.25, 0.3) is 10.9 Å². The van der Waals surface area contributed by atoms with Gasteiger partial charge in [0.25, 0.3) is 0 Å². The third-order valence-corrected chi connectivity index (χ3v) is 19.9. The fourth-order valence-corrected chi connectivity index (χ4v) is 16.5. The van der Waals surface area contributed by atoms with Crippen molar-refractivity contribution < 1.29 is 34.7 Å². The quantitative estimate of drug-likeness (QED) is 0.0536. The first-order valence-corrected chi connectivity index (χ1v) is 27.7. The van der Waals surface area contributed by atoms with Crippen molar-refractivity contribution >= 4 is 38.3 Å². The number of carbonyl (C=O) groups is 1. The lowest BCUT2D eigenvalue weighted by atomic mass is 9.61. The Morgan fingerprint density at radius 3 is 2.68 bits per heavy atom. The summed E-state index contributed by atoms with van der Waals surface area (Å²) < 4.78 is 16.0. The number of aromatic nitrogens is 2. The lowest BCUT2D eigenvalue weighted by Gasteiger charge is -2.48. The number of nitrogens with one attached hydrogen (secondary N) is 2. The molecule has 8 N–H and O–H groups in total. The van der Waals surface area contributed by atoms with E-state index in [-0.39, 0.29) is 48.3 Å². The van der Waals surface area contributed by atoms with Crippen LogP contribution < -0.4 is 20.5 Å². The van der Waals surface area contributed by atoms with Crippen LogP contribution in [0.5, 0.6) is 17.2 Å². The van der Waals surface area contributed by atoms with E-state index in [1.54, 1.807) is 27.7 Å². The standard InChI is InChI=1S/C55H62N4O7S2/c56-52-38-13-12-37-44(61)15-14-42-53-59-26-40-39(25-57-43(40)27-59)35-16-19-55(29-58-52,50(38)49(35)37)30-68-67-28-41-34(47(64)24-48(51(41)66-53)65-21-20-54(42)17-4-5-18-54)11-9-33(60)23-46(63)36-10-8-32(22-45(36)62)31-6-2-1-3-7-31/h8,10,12-13,24-27,31-32,35-36,42,44-46,52-53,57-58,61-64H,1-7,9,11,16-19,22-23,28-30,56H2. The molecule has 0 saturated heterocycles. The molecule has 2 fully saturated rings. The van der Waals surface area contributed by atoms with E-state index in [0.717, 1.165) is 77.4 Å². The Kier molecular flexibility index (Phi) is 11.8. The van der Waals surface area contributed by atoms with Gasteiger partial charge in [0.2, 0.25) is 0 Å². The molecule has 356 valence electrons. The van der Waals surface area contributed by atoms with Crippen molar-refractivity contribution in [2.45, 2.75) is 144 Å². The molecule has 2 aromatic heterocycles. The number of aliphatic hydroxyl groups excluding tert-OH is 3. The van der Waals surface area contributed by atoms with Crippen LogP contribution in [0.2, 0.25) is 0 Å². The van der Waals surface area contributed by atoms with Gasteiger partial charge in [-0.2, -0.15) is 0 Å². The molecular formula is C55H62N4O7S2. The van der Waals surface area contributed by atoms with Crippen molar-refractivity contribution in [1.29, 1.82) is 0 Å². The van der Waals surface area contributed by atoms with Crippen molar-refractivity contribution in [3.63, 3.8) is 0 Å². The van der Waals surface area contributed by atoms with Crippen molar-refractivity contribution in [3.05, 3.63) is 87.9 Å². The third kappa shape index (κ3) is 7.62. The number of aromatic amines is 1. The zero-order chi connectivity index (χ0) is 46.3. The van der Waals surface area contributed by atoms with Crippen LogP contribution >= 0.6 is 21.6 Å². The van der Waals surface area contributed by atoms with Crippen LogP contribution in [0.3, 0.4) is 0 Å². The van der Waals surface area contributed by atoms with Gasteiger partial charge >= 0.3 is 0 Å². The molecule has 0 radical (unpaired) electrons. The number of phenols is 1. The Morgan fingerprint density at radius 2 is 1.84 bits per heavy atom. The van der Waals surface area contributed by atoms with Crippen LogP contribution in [0, 0.1) is 53.0 Å². The second-order valence-corrected chi connectivity index (χ2v) is 23.7. The molecule has 10 unspecified atom stereocenters. The number of aliphatic hydroxyl groups is 3. The number of fused-ring (bicyclic) bond motifs is 5. The summed E-state index contributed by atoms with van der Waals surface area (Å²) in [5, 5.41) is 51.9. The van der Waals surface area contributed by atoms with E-state index < -0.39 is 41.8 Å². The highest BCUT2D eigenvalue weighted by Crippen LogP contribution is 2.57. The monoisotopic (exact) mass is 954 g/mol. The Labute approximate surface area is 406 Å². The number of nitrogens with zero attached hydrogens (tertiary/aromatic N) is 1. The second kappa shape index (κ2) is 17.8. The van der Waals surface area contributed by atoms with E-state index in [2.05, 4.69) is 75.5 Å². The molecule has 2 saturated carbocycles. The van der Waals surface area contributed by atoms with Crippen LogP contribution in [0.15, 0.2) is 48.9 Å². The van der Waals surface area contributed by atoms with E-state index in [1.807, 2.05) is 6.08 Å². The Hall–Kier alpha value is -4.31. The summed E-state index contributed by atoms with van der Waals surface area (Å²) in [6.45, 7) is 0.689. The van der Waals surface area contributed by atoms with Gasteiger partial charge in [0.15, 0.2) is 17.7 Å². The second-order valence-electron chi connectivity index (χ2n) is 21.3. The first-order chi connectivity index (χ1) is 33.1. The lowest BCUT2D eigenvalue weighted by molar-refractivity contribution is -0.122. The smallest absolute Gasteiger partial charge is 0.191 e. The van der Waals surface area contributed by atoms with Gasteiger partial charge in [0, 0.05) is 89.3 Å². The average Bonchev–Trinajstić information content (AvgIpc) is 4.10. The molecule has 4 aliphatic carbocycles. The van der Waals surface area contributed by atoms with Gasteiger partial charge in [-0.05, 0) is 91.0 Å². The van der Waals surface area contributed by atoms with Crippen LogP contribution in [0.4, 0.5) is 0 Å². The molecule has 2 aromatic carbocycles. The highest BCUT2D eigenvalue weighted by molar-refractivity contribution is 8.76. The number of nitrogens with two attached hydrogens (primary N) is 1. The maximum Gasteiger partial charge on any atom is 0.191 e. The van der Waals surface area contributed by atoms with E-state index >= 15 is 0 Å². The molecule has 10 atom stereocenters. The Morgan fingerprint density at radius 1 is 1.00 bits per heavy atom. The van der Waals surface area contributed by atoms with Crippen LogP contribution in [-0.2, 0) is 22.4 Å². The van der Waals surface area contributed by atoms with Crippen LogP contribution in [-0.4, -0.2) is 60.3 Å². The van der Waals surface area contributed by atoms with Crippen molar-refractivity contribution in [3.8, 4) is 41.1 Å². The fourth-order valence-electron chi connectivity index (χ4n) is 13.8. The summed E-state index contributed by atoms with van der Waals surface area (Å²) in [6, 6.07) is 5.72. The summed E-state index contributed by atoms with van der Waals surface area (Å²) in [5.41, 5.74) is 13.7. The normalized spacial score (nSPS) is 31.6. The zero-order valence-corrected chi connectivity index (χ0v) is 40.1. The molecule has 68 heavy (non-hydrogen) atoms. The Balaban J connectivity index is 0.953. The SMILES string of the molecule is NC1NCC23CCC4c5c(ccc1c52)C(O)C#CC1C(Oc2c(cc(O)c(CCC(=O)CC(O)C5C=CC(C6CCCCC6)CC5O)c2CSSC3)OC#CC12CCCC2)n1cc2[nH]cc4c2c1. The summed E-state index contributed by atoms with van der Waals surface area (Å²) >= 11 is 0. The number of ether oxygens (including phenoxy) is 2. The molecule has 7 heterocycles. The number of allylic oxidation sites excluding steroid dienone is 1. The molecule has 11 nitrogen and oxygen atoms in total. The molecule has 0 amide bonds. The molecule has 10 bridgehead atoms. The number of aromatic hydroxyl groups is 1. The predicted octanol–water partition coefficient (Wildman–Crippen LogP) is 8.84. The summed E-state index contributed by atoms with van der Waals surface area (Å²) in [4.78, 5) is 17.5. The summed E-state index contributed by atoms with van der Waals surface area (Å²) in [5.74, 6) is 12.3. The minimum absolute atomic E-state index is 0.00609. The maximum absolute atomic E-state index is 13.9. The van der Waals surface area contributed by atoms with E-state index in [9.17, 15) is 25.2 Å². The molecular weight excluding hydrogens is 893 g/mol. The first-order valence-electron chi connectivity index (χ1n) is 25.2. The number of hydrogen-bond acceptors (Lipinski definition) is 11. The van der Waals surface area contributed by atoms with Crippen LogP contribution in [0.1, 0.15) is 153 Å². The highest BCUT2D eigenvalue weighted by Gasteiger charge is 2.50. The molecule has 13 heteroatoms. The lowest BCUT2D eigenvalue weighted by Crippen LogP contribution is -2.52. The van der Waals surface area contributed by atoms with Gasteiger partial charge in [0.1, 0.15) is 23.7 Å². The molecule has 9 aliphatic rings. The zero-order valence-electron chi connectivity index (χ0n) is 38.5. The Bertz CT molecular complexity index is 2800. The van der Waals surface area contributed by atoms with Gasteiger partial charge in [-0.25, -0.2) is 0 Å². The molecule has 5 aliphatic heterocycles. The van der Waals surface area contributed by atoms with Gasteiger partial charge < -0.3 is 45.2 Å². The molecule has 13 rings (SSSR count).